The predicted octanol–water partition coefficient (Wildman–Crippen LogP) is 4.18. The van der Waals surface area contributed by atoms with Crippen LogP contribution < -0.4 is 10.2 Å². The minimum absolute atomic E-state index is 0.887. The number of piperazine rings is 1. The number of anilines is 1. The number of fused-ring (bicyclic) bond motifs is 2. The van der Waals surface area contributed by atoms with Crippen molar-refractivity contribution in [2.75, 3.05) is 31.1 Å². The average molecular weight is 394 g/mol. The van der Waals surface area contributed by atoms with Gasteiger partial charge in [0, 0.05) is 54.5 Å². The van der Waals surface area contributed by atoms with E-state index in [1.165, 1.54) is 5.69 Å². The van der Waals surface area contributed by atoms with E-state index in [0.29, 0.717) is 0 Å². The summed E-state index contributed by atoms with van der Waals surface area (Å²) in [4.78, 5) is 18.7. The molecular weight excluding hydrogens is 372 g/mol. The number of imidazole rings is 1. The Morgan fingerprint density at radius 3 is 2.63 bits per heavy atom. The largest absolute Gasteiger partial charge is 0.369 e. The molecule has 0 radical (unpaired) electrons. The molecule has 0 saturated carbocycles. The highest BCUT2D eigenvalue weighted by Gasteiger charge is 2.13. The molecule has 6 rings (SSSR count). The van der Waals surface area contributed by atoms with Crippen molar-refractivity contribution >= 4 is 27.6 Å². The number of hydrogen-bond donors (Lipinski definition) is 3. The smallest absolute Gasteiger partial charge is 0.138 e. The summed E-state index contributed by atoms with van der Waals surface area (Å²) in [5.74, 6) is 0.887. The fourth-order valence-electron chi connectivity index (χ4n) is 4.19. The predicted molar refractivity (Wildman–Crippen MR) is 122 cm³/mol. The molecule has 148 valence electrons. The van der Waals surface area contributed by atoms with Crippen LogP contribution in [0.3, 0.4) is 0 Å². The van der Waals surface area contributed by atoms with Crippen LogP contribution in [0.2, 0.25) is 0 Å². The number of benzene rings is 2. The average Bonchev–Trinajstić information content (AvgIpc) is 3.43. The monoisotopic (exact) mass is 394 g/mol. The van der Waals surface area contributed by atoms with Gasteiger partial charge in [-0.15, -0.1) is 0 Å². The van der Waals surface area contributed by atoms with Crippen LogP contribution >= 0.6 is 0 Å². The van der Waals surface area contributed by atoms with E-state index >= 15 is 0 Å². The zero-order chi connectivity index (χ0) is 19.9. The molecule has 1 aliphatic heterocycles. The number of pyridine rings is 1. The van der Waals surface area contributed by atoms with Gasteiger partial charge < -0.3 is 20.2 Å². The maximum atomic E-state index is 4.83. The van der Waals surface area contributed by atoms with Crippen molar-refractivity contribution in [3.8, 4) is 22.8 Å². The van der Waals surface area contributed by atoms with E-state index in [1.807, 2.05) is 24.4 Å². The Hall–Kier alpha value is -3.64. The first-order valence-corrected chi connectivity index (χ1v) is 10.3. The summed E-state index contributed by atoms with van der Waals surface area (Å²) in [6, 6.07) is 21.0. The van der Waals surface area contributed by atoms with Gasteiger partial charge in [0.05, 0.1) is 22.4 Å². The molecule has 6 heteroatoms. The molecule has 1 aliphatic rings. The second-order valence-corrected chi connectivity index (χ2v) is 7.72. The van der Waals surface area contributed by atoms with Crippen LogP contribution in [0, 0.1) is 0 Å². The normalized spacial score (nSPS) is 14.6. The Labute approximate surface area is 174 Å². The summed E-state index contributed by atoms with van der Waals surface area (Å²) in [7, 11) is 0. The fraction of sp³-hybridized carbons (Fsp3) is 0.167. The van der Waals surface area contributed by atoms with E-state index in [-0.39, 0.29) is 0 Å². The Morgan fingerprint density at radius 1 is 0.833 bits per heavy atom. The molecular formula is C24H22N6. The fourth-order valence-corrected chi connectivity index (χ4v) is 4.19. The summed E-state index contributed by atoms with van der Waals surface area (Å²) >= 11 is 0. The molecule has 3 N–H and O–H groups in total. The lowest BCUT2D eigenvalue weighted by molar-refractivity contribution is 0.589. The van der Waals surface area contributed by atoms with Crippen LogP contribution in [0.5, 0.6) is 0 Å². The molecule has 2 aromatic carbocycles. The Bertz CT molecular complexity index is 1330. The first-order valence-electron chi connectivity index (χ1n) is 10.3. The number of hydrogen-bond acceptors (Lipinski definition) is 4. The summed E-state index contributed by atoms with van der Waals surface area (Å²) in [6.07, 6.45) is 1.81. The maximum absolute atomic E-state index is 4.83. The van der Waals surface area contributed by atoms with Gasteiger partial charge in [0.1, 0.15) is 5.82 Å². The lowest BCUT2D eigenvalue weighted by Crippen LogP contribution is -2.43. The van der Waals surface area contributed by atoms with Crippen molar-refractivity contribution in [1.82, 2.24) is 25.3 Å². The van der Waals surface area contributed by atoms with Crippen molar-refractivity contribution in [2.24, 2.45) is 0 Å². The molecule has 6 nitrogen and oxygen atoms in total. The van der Waals surface area contributed by atoms with Gasteiger partial charge in [-0.2, -0.15) is 0 Å². The minimum atomic E-state index is 0.887. The Balaban J connectivity index is 1.36. The number of nitrogens with one attached hydrogen (secondary N) is 3. The van der Waals surface area contributed by atoms with Gasteiger partial charge in [-0.1, -0.05) is 18.2 Å². The molecule has 3 aromatic heterocycles. The third-order valence-electron chi connectivity index (χ3n) is 5.78. The molecule has 0 atom stereocenters. The Kier molecular flexibility index (Phi) is 4.02. The number of H-pyrrole nitrogens is 2. The lowest BCUT2D eigenvalue weighted by Gasteiger charge is -2.29. The van der Waals surface area contributed by atoms with E-state index in [1.54, 1.807) is 0 Å². The molecule has 0 unspecified atom stereocenters. The highest BCUT2D eigenvalue weighted by molar-refractivity contribution is 5.90. The van der Waals surface area contributed by atoms with E-state index in [0.717, 1.165) is 70.9 Å². The van der Waals surface area contributed by atoms with Gasteiger partial charge in [0.2, 0.25) is 0 Å². The van der Waals surface area contributed by atoms with Gasteiger partial charge >= 0.3 is 0 Å². The summed E-state index contributed by atoms with van der Waals surface area (Å²) in [5.41, 5.74) is 7.42. The van der Waals surface area contributed by atoms with Crippen molar-refractivity contribution in [3.05, 3.63) is 66.9 Å². The standard InChI is InChI=1S/C24H22N6/c1-2-8-26-19(3-1)22-13-16-4-5-17(14-21(16)27-22)24-28-20-7-6-18(15-23(20)29-24)30-11-9-25-10-12-30/h1-8,13-15,25,27H,9-12H2,(H,28,29). The summed E-state index contributed by atoms with van der Waals surface area (Å²) < 4.78 is 0. The maximum Gasteiger partial charge on any atom is 0.138 e. The molecule has 30 heavy (non-hydrogen) atoms. The quantitative estimate of drug-likeness (QED) is 0.429. The molecule has 1 fully saturated rings. The molecule has 5 aromatic rings. The third-order valence-corrected chi connectivity index (χ3v) is 5.78. The molecule has 1 saturated heterocycles. The van der Waals surface area contributed by atoms with Crippen molar-refractivity contribution in [1.29, 1.82) is 0 Å². The van der Waals surface area contributed by atoms with Gasteiger partial charge in [0.15, 0.2) is 0 Å². The number of aromatic amines is 2. The zero-order valence-corrected chi connectivity index (χ0v) is 16.5. The number of aromatic nitrogens is 4. The number of nitrogens with zero attached hydrogens (tertiary/aromatic N) is 3. The van der Waals surface area contributed by atoms with Gasteiger partial charge in [0.25, 0.3) is 0 Å². The summed E-state index contributed by atoms with van der Waals surface area (Å²) in [6.45, 7) is 4.13. The highest BCUT2D eigenvalue weighted by Crippen LogP contribution is 2.29. The van der Waals surface area contributed by atoms with Crippen molar-refractivity contribution in [3.63, 3.8) is 0 Å². The number of rotatable bonds is 3. The third kappa shape index (κ3) is 3.02. The van der Waals surface area contributed by atoms with Crippen LogP contribution in [0.4, 0.5) is 5.69 Å². The van der Waals surface area contributed by atoms with Crippen LogP contribution in [0.15, 0.2) is 66.9 Å². The Morgan fingerprint density at radius 2 is 1.77 bits per heavy atom. The van der Waals surface area contributed by atoms with Crippen LogP contribution in [-0.2, 0) is 0 Å². The van der Waals surface area contributed by atoms with Gasteiger partial charge in [-0.3, -0.25) is 4.98 Å². The van der Waals surface area contributed by atoms with E-state index in [9.17, 15) is 0 Å². The molecule has 0 spiro atoms. The second-order valence-electron chi connectivity index (χ2n) is 7.72. The van der Waals surface area contributed by atoms with Crippen molar-refractivity contribution in [2.45, 2.75) is 0 Å². The zero-order valence-electron chi connectivity index (χ0n) is 16.5. The van der Waals surface area contributed by atoms with Gasteiger partial charge in [-0.25, -0.2) is 4.98 Å². The van der Waals surface area contributed by atoms with Crippen LogP contribution in [-0.4, -0.2) is 46.1 Å². The van der Waals surface area contributed by atoms with Crippen LogP contribution in [0.1, 0.15) is 0 Å². The molecule has 0 aliphatic carbocycles. The second kappa shape index (κ2) is 7.00. The van der Waals surface area contributed by atoms with E-state index in [4.69, 9.17) is 4.98 Å². The topological polar surface area (TPSA) is 72.6 Å². The first kappa shape index (κ1) is 17.2. The van der Waals surface area contributed by atoms with Gasteiger partial charge in [-0.05, 0) is 42.5 Å². The summed E-state index contributed by atoms with van der Waals surface area (Å²) in [5, 5.41) is 4.57. The molecule has 0 bridgehead atoms. The highest BCUT2D eigenvalue weighted by atomic mass is 15.2. The van der Waals surface area contributed by atoms with Crippen molar-refractivity contribution < 1.29 is 0 Å². The lowest BCUT2D eigenvalue weighted by atomic mass is 10.1. The van der Waals surface area contributed by atoms with Crippen LogP contribution in [0.25, 0.3) is 44.7 Å². The molecule has 0 amide bonds. The first-order chi connectivity index (χ1) is 14.8. The van der Waals surface area contributed by atoms with E-state index in [2.05, 4.69) is 67.6 Å². The minimum Gasteiger partial charge on any atom is -0.369 e. The molecule has 4 heterocycles. The SMILES string of the molecule is c1ccc(-c2cc3ccc(-c4nc5ccc(N6CCNCC6)cc5[nH]4)cc3[nH]2)nc1. The van der Waals surface area contributed by atoms with E-state index < -0.39 is 0 Å².